The minimum absolute atomic E-state index is 0. The third-order valence-corrected chi connectivity index (χ3v) is 0.295. The van der Waals surface area contributed by atoms with Gasteiger partial charge in [0.2, 0.25) is 0 Å². The zero-order valence-electron chi connectivity index (χ0n) is 14.5. The molecule has 0 fully saturated rings. The van der Waals surface area contributed by atoms with Crippen LogP contribution in [-0.4, -0.2) is 129 Å². The topological polar surface area (TPSA) is 131 Å². The number of hydrogen-bond acceptors (Lipinski definition) is 7. The quantitative estimate of drug-likeness (QED) is 0.225. The first-order valence-corrected chi connectivity index (χ1v) is 6.63. The summed E-state index contributed by atoms with van der Waals surface area (Å²) in [6.07, 6.45) is 0. The number of aliphatic hydroxyl groups is 6. The number of rotatable bonds is 2. The predicted molar refractivity (Wildman–Crippen MR) is 91.3 cm³/mol. The first-order chi connectivity index (χ1) is 9.49. The average Bonchev–Trinajstić information content (AvgIpc) is 2.35. The van der Waals surface area contributed by atoms with Crippen molar-refractivity contribution in [3.63, 3.8) is 0 Å². The van der Waals surface area contributed by atoms with Crippen molar-refractivity contribution in [1.29, 1.82) is 0 Å². The Bertz CT molecular complexity index is 64.7. The molecule has 0 aliphatic rings. The van der Waals surface area contributed by atoms with E-state index in [9.17, 15) is 0 Å². The van der Waals surface area contributed by atoms with Crippen LogP contribution in [0, 0.1) is 0 Å². The third kappa shape index (κ3) is 620. The van der Waals surface area contributed by atoms with Gasteiger partial charge in [-0.05, 0) is 34.6 Å². The molecule has 22 heavy (non-hydrogen) atoms. The van der Waals surface area contributed by atoms with Crippen LogP contribution in [0.1, 0.15) is 34.6 Å². The smallest absolute Gasteiger partial charge is 0 e. The minimum Gasteiger partial charge on any atom is 0 e. The molecule has 0 bridgehead atoms. The molecule has 6 N–H and O–H groups in total. The standard InChI is InChI=1S/C3H8O2.5C2H6O.Sr.Ta.2H/c1-5-3-2-4;5*1-2-3;;;;/h4H,2-3H2,1H3;5*3H,2H2,1H3;;;;. The summed E-state index contributed by atoms with van der Waals surface area (Å²) in [5, 5.41) is 45.8. The van der Waals surface area contributed by atoms with Gasteiger partial charge in [0.15, 0.2) is 0 Å². The maximum absolute atomic E-state index is 7.94. The molecule has 9 heteroatoms. The first kappa shape index (κ1) is 49.6. The van der Waals surface area contributed by atoms with Crippen LogP contribution in [0.3, 0.4) is 0 Å². The van der Waals surface area contributed by atoms with E-state index in [1.54, 1.807) is 41.7 Å². The van der Waals surface area contributed by atoms with Crippen molar-refractivity contribution in [2.45, 2.75) is 34.6 Å². The van der Waals surface area contributed by atoms with E-state index < -0.39 is 0 Å². The van der Waals surface area contributed by atoms with Crippen LogP contribution in [-0.2, 0) is 27.1 Å². The van der Waals surface area contributed by atoms with Gasteiger partial charge in [-0.15, -0.1) is 0 Å². The first-order valence-electron chi connectivity index (χ1n) is 6.63. The largest absolute Gasteiger partial charge is 0 e. The Kier molecular flexibility index (Phi) is 252. The fraction of sp³-hybridized carbons (Fsp3) is 1.00. The summed E-state index contributed by atoms with van der Waals surface area (Å²) in [4.78, 5) is 0. The molecule has 0 heterocycles. The molecule has 0 aromatic rings. The van der Waals surface area contributed by atoms with Gasteiger partial charge in [-0.2, -0.15) is 0 Å². The van der Waals surface area contributed by atoms with E-state index in [1.807, 2.05) is 0 Å². The van der Waals surface area contributed by atoms with Crippen LogP contribution in [0.2, 0.25) is 0 Å². The van der Waals surface area contributed by atoms with E-state index in [4.69, 9.17) is 30.6 Å². The minimum atomic E-state index is 0. The fourth-order valence-electron chi connectivity index (χ4n) is 0.0913. The summed E-state index contributed by atoms with van der Waals surface area (Å²) in [7, 11) is 1.55. The maximum Gasteiger partial charge on any atom is 0 e. The average molecular weight is 577 g/mol. The van der Waals surface area contributed by atoms with Gasteiger partial charge < -0.3 is 35.4 Å². The molecule has 0 aromatic carbocycles. The van der Waals surface area contributed by atoms with Gasteiger partial charge in [0.1, 0.15) is 0 Å². The van der Waals surface area contributed by atoms with Crippen molar-refractivity contribution in [2.24, 2.45) is 0 Å². The summed E-state index contributed by atoms with van der Waals surface area (Å²) >= 11 is 0. The van der Waals surface area contributed by atoms with Gasteiger partial charge in [0.25, 0.3) is 0 Å². The molecular weight excluding hydrogens is 537 g/mol. The van der Waals surface area contributed by atoms with Crippen molar-refractivity contribution in [3.8, 4) is 0 Å². The van der Waals surface area contributed by atoms with Gasteiger partial charge >= 0.3 is 45.5 Å². The van der Waals surface area contributed by atoms with Crippen LogP contribution in [0.15, 0.2) is 0 Å². The molecule has 0 amide bonds. The van der Waals surface area contributed by atoms with Crippen LogP contribution in [0.4, 0.5) is 0 Å². The van der Waals surface area contributed by atoms with Crippen LogP contribution < -0.4 is 0 Å². The van der Waals surface area contributed by atoms with Gasteiger partial charge in [0.05, 0.1) is 13.2 Å². The second-order valence-electron chi connectivity index (χ2n) is 2.30. The van der Waals surface area contributed by atoms with Crippen molar-refractivity contribution in [3.05, 3.63) is 0 Å². The van der Waals surface area contributed by atoms with E-state index in [-0.39, 0.29) is 108 Å². The van der Waals surface area contributed by atoms with E-state index >= 15 is 0 Å². The zero-order valence-corrected chi connectivity index (χ0v) is 17.7. The summed E-state index contributed by atoms with van der Waals surface area (Å²) < 4.78 is 4.44. The predicted octanol–water partition coefficient (Wildman–Crippen LogP) is -1.30. The molecule has 0 spiro atoms. The third-order valence-electron chi connectivity index (χ3n) is 0.295. The van der Waals surface area contributed by atoms with Crippen LogP contribution in [0.25, 0.3) is 0 Å². The van der Waals surface area contributed by atoms with Crippen molar-refractivity contribution in [2.75, 3.05) is 53.4 Å². The van der Waals surface area contributed by atoms with Crippen LogP contribution >= 0.6 is 0 Å². The Morgan fingerprint density at radius 2 is 0.727 bits per heavy atom. The molecule has 1 radical (unpaired) electrons. The van der Waals surface area contributed by atoms with Crippen molar-refractivity contribution in [1.82, 2.24) is 0 Å². The van der Waals surface area contributed by atoms with Crippen molar-refractivity contribution >= 4 is 45.5 Å². The molecule has 0 rings (SSSR count). The number of methoxy groups -OCH3 is 1. The Morgan fingerprint density at radius 1 is 0.591 bits per heavy atom. The molecule has 141 valence electrons. The summed E-state index contributed by atoms with van der Waals surface area (Å²) in [5.41, 5.74) is 0. The monoisotopic (exact) mass is 577 g/mol. The SMILES string of the molecule is CCO.CCO.CCO.CCO.CCO.COCCO.[SrH2].[Ta]. The summed E-state index contributed by atoms with van der Waals surface area (Å²) in [6.45, 7) is 10.2. The van der Waals surface area contributed by atoms with E-state index in [1.165, 1.54) is 0 Å². The molecule has 0 aliphatic carbocycles. The number of ether oxygens (including phenoxy) is 1. The molecule has 0 aliphatic heterocycles. The zero-order chi connectivity index (χ0) is 17.7. The second kappa shape index (κ2) is 112. The van der Waals surface area contributed by atoms with E-state index in [0.717, 1.165) is 0 Å². The normalized spacial score (nSPS) is 6.00. The van der Waals surface area contributed by atoms with Crippen LogP contribution in [0.5, 0.6) is 0 Å². The number of aliphatic hydroxyl groups excluding tert-OH is 6. The molecule has 0 aromatic heterocycles. The Labute approximate surface area is 189 Å². The Morgan fingerprint density at radius 3 is 0.727 bits per heavy atom. The van der Waals surface area contributed by atoms with Gasteiger partial charge in [-0.25, -0.2) is 0 Å². The molecular formula is C13H40O7SrTa. The molecule has 0 saturated carbocycles. The van der Waals surface area contributed by atoms with Crippen molar-refractivity contribution < 1.29 is 57.8 Å². The van der Waals surface area contributed by atoms with Gasteiger partial charge in [-0.1, -0.05) is 0 Å². The summed E-state index contributed by atoms with van der Waals surface area (Å²) in [6, 6.07) is 0. The van der Waals surface area contributed by atoms with Gasteiger partial charge in [0, 0.05) is 62.5 Å². The maximum atomic E-state index is 7.94. The molecule has 0 saturated heterocycles. The second-order valence-corrected chi connectivity index (χ2v) is 2.30. The number of hydrogen-bond donors (Lipinski definition) is 6. The Balaban J connectivity index is -0.0000000178. The van der Waals surface area contributed by atoms with E-state index in [0.29, 0.717) is 6.61 Å². The fourth-order valence-corrected chi connectivity index (χ4v) is 0.0913. The molecule has 0 atom stereocenters. The van der Waals surface area contributed by atoms with E-state index in [2.05, 4.69) is 4.74 Å². The summed E-state index contributed by atoms with van der Waals surface area (Å²) in [5.74, 6) is 0. The Hall–Kier alpha value is 1.94. The molecule has 7 nitrogen and oxygen atoms in total. The van der Waals surface area contributed by atoms with Gasteiger partial charge in [-0.3, -0.25) is 0 Å². The molecule has 0 unspecified atom stereocenters.